The van der Waals surface area contributed by atoms with E-state index in [0.29, 0.717) is 35.1 Å². The van der Waals surface area contributed by atoms with Gasteiger partial charge >= 0.3 is 5.97 Å². The molecule has 5 aromatic rings. The average molecular weight is 1090 g/mol. The van der Waals surface area contributed by atoms with Crippen LogP contribution in [0.25, 0.3) is 10.8 Å². The number of nitrogens with one attached hydrogen (secondary N) is 7. The summed E-state index contributed by atoms with van der Waals surface area (Å²) in [7, 11) is 2.08. The van der Waals surface area contributed by atoms with E-state index in [0.717, 1.165) is 32.4 Å². The summed E-state index contributed by atoms with van der Waals surface area (Å²) < 4.78 is 0. The lowest BCUT2D eigenvalue weighted by Crippen LogP contribution is -2.62. The van der Waals surface area contributed by atoms with Gasteiger partial charge in [-0.3, -0.25) is 33.6 Å². The van der Waals surface area contributed by atoms with Gasteiger partial charge in [0.25, 0.3) is 0 Å². The first-order valence-corrected chi connectivity index (χ1v) is 27.9. The van der Waals surface area contributed by atoms with E-state index < -0.39 is 102 Å². The van der Waals surface area contributed by atoms with Crippen molar-refractivity contribution in [2.75, 3.05) is 18.1 Å². The number of fused-ring (bicyclic) bond motifs is 1. The molecule has 0 aliphatic carbocycles. The number of rotatable bonds is 14. The highest BCUT2D eigenvalue weighted by atomic mass is 33.1. The summed E-state index contributed by atoms with van der Waals surface area (Å²) in [5.41, 5.74) is 14.8. The molecule has 1 saturated heterocycles. The number of nitrogens with two attached hydrogens (primary N) is 2. The second-order valence-corrected chi connectivity index (χ2v) is 21.4. The van der Waals surface area contributed by atoms with Gasteiger partial charge in [0.05, 0.1) is 12.1 Å². The highest BCUT2D eigenvalue weighted by Gasteiger charge is 2.36. The van der Waals surface area contributed by atoms with Crippen molar-refractivity contribution in [3.63, 3.8) is 0 Å². The number of aliphatic carboxylic acids is 1. The van der Waals surface area contributed by atoms with Crippen molar-refractivity contribution < 1.29 is 48.6 Å². The lowest BCUT2D eigenvalue weighted by Gasteiger charge is -2.29. The fourth-order valence-electron chi connectivity index (χ4n) is 8.62. The number of hydrogen-bond acceptors (Lipinski definition) is 13. The van der Waals surface area contributed by atoms with E-state index in [9.17, 15) is 48.6 Å². The molecule has 1 fully saturated rings. The van der Waals surface area contributed by atoms with Gasteiger partial charge in [0.15, 0.2) is 0 Å². The van der Waals surface area contributed by atoms with Crippen LogP contribution in [0.3, 0.4) is 0 Å². The Labute approximate surface area is 455 Å². The number of carbonyl (C=O) groups is 8. The number of benzene rings is 5. The maximum atomic E-state index is 14.9. The van der Waals surface area contributed by atoms with Crippen LogP contribution in [-0.4, -0.2) is 130 Å². The summed E-state index contributed by atoms with van der Waals surface area (Å²) in [6, 6.07) is 28.2. The van der Waals surface area contributed by atoms with Crippen molar-refractivity contribution in [1.82, 2.24) is 37.2 Å². The second kappa shape index (κ2) is 29.9. The van der Waals surface area contributed by atoms with Crippen LogP contribution in [0, 0.1) is 0 Å². The summed E-state index contributed by atoms with van der Waals surface area (Å²) in [4.78, 5) is 113. The van der Waals surface area contributed by atoms with E-state index in [4.69, 9.17) is 11.5 Å². The molecule has 408 valence electrons. The second-order valence-electron chi connectivity index (χ2n) is 18.8. The number of aliphatic hydroxyl groups is 1. The van der Waals surface area contributed by atoms with Crippen LogP contribution in [0.2, 0.25) is 0 Å². The van der Waals surface area contributed by atoms with Crippen molar-refractivity contribution in [3.8, 4) is 0 Å². The van der Waals surface area contributed by atoms with Gasteiger partial charge in [0.2, 0.25) is 41.4 Å². The first kappa shape index (κ1) is 59.0. The molecule has 0 aromatic heterocycles. The maximum absolute atomic E-state index is 14.9. The van der Waals surface area contributed by atoms with Gasteiger partial charge in [-0.2, -0.15) is 0 Å². The van der Waals surface area contributed by atoms with Crippen LogP contribution in [0.5, 0.6) is 0 Å². The van der Waals surface area contributed by atoms with Crippen molar-refractivity contribution in [3.05, 3.63) is 156 Å². The quantitative estimate of drug-likeness (QED) is 0.0559. The predicted molar refractivity (Wildman–Crippen MR) is 297 cm³/mol. The van der Waals surface area contributed by atoms with Gasteiger partial charge in [-0.25, -0.2) is 4.79 Å². The fraction of sp³-hybridized carbons (Fsp3) is 0.357. The Morgan fingerprint density at radius 3 is 1.47 bits per heavy atom. The van der Waals surface area contributed by atoms with Gasteiger partial charge in [-0.1, -0.05) is 155 Å². The molecule has 5 aromatic carbocycles. The molecule has 6 rings (SSSR count). The van der Waals surface area contributed by atoms with E-state index in [1.807, 2.05) is 42.5 Å². The van der Waals surface area contributed by atoms with Crippen molar-refractivity contribution in [1.29, 1.82) is 0 Å². The number of amides is 7. The van der Waals surface area contributed by atoms with Crippen LogP contribution < -0.4 is 48.7 Å². The summed E-state index contributed by atoms with van der Waals surface area (Å²) in [6.07, 6.45) is -1.02. The third kappa shape index (κ3) is 18.2. The van der Waals surface area contributed by atoms with Gasteiger partial charge in [-0.15, -0.1) is 0 Å². The zero-order chi connectivity index (χ0) is 55.3. The molecular formula is C56H67N9O10S2. The minimum atomic E-state index is -1.69. The molecule has 13 N–H and O–H groups in total. The number of carbonyl (C=O) groups excluding carboxylic acids is 7. The van der Waals surface area contributed by atoms with E-state index in [1.54, 1.807) is 91.0 Å². The normalized spacial score (nSPS) is 23.5. The number of unbranched alkanes of at least 4 members (excludes halogenated alkanes) is 1. The van der Waals surface area contributed by atoms with Crippen LogP contribution in [0.15, 0.2) is 133 Å². The van der Waals surface area contributed by atoms with Crippen LogP contribution in [-0.2, 0) is 64.0 Å². The third-order valence-corrected chi connectivity index (χ3v) is 15.3. The SMILES string of the molecule is C[C@@H](O)[C@@H]1NC(=O)[C@H](CCCCN)NC(=O)[C@H](Cc2cccc3ccccc23)NC(=O)[C@H](Cc2ccccc2)NC(=O)[C@@H](Cc2ccccc2)NC(=O)[C@H](N)CSSC[C@H](C(=O)O)NC(=O)[C@H](Cc2ccccc2)NC1=O. The average Bonchev–Trinajstić information content (AvgIpc) is 3.42. The largest absolute Gasteiger partial charge is 0.480 e. The molecule has 0 bridgehead atoms. The molecule has 0 saturated carbocycles. The molecular weight excluding hydrogens is 1020 g/mol. The lowest BCUT2D eigenvalue weighted by molar-refractivity contribution is -0.141. The van der Waals surface area contributed by atoms with Gasteiger partial charge in [-0.05, 0) is 65.8 Å². The molecule has 1 aliphatic heterocycles. The summed E-state index contributed by atoms with van der Waals surface area (Å²) >= 11 is 0. The van der Waals surface area contributed by atoms with Crippen LogP contribution in [0.4, 0.5) is 0 Å². The summed E-state index contributed by atoms with van der Waals surface area (Å²) in [5.74, 6) is -7.40. The first-order chi connectivity index (χ1) is 37.1. The standard InChI is InChI=1S/C56H67N9O10S2/c1-34(66)48-55(73)63-45(30-37-20-9-4-10-21-37)53(71)64-47(56(74)75)33-77-76-32-41(58)49(67)60-43(28-35-16-5-2-6-17-35)51(69)61-44(29-36-18-7-3-8-19-36)52(70)62-46(31-39-24-15-23-38-22-11-12-25-40(38)39)54(72)59-42(50(68)65-48)26-13-14-27-57/h2-12,15-25,34,41-48,66H,13-14,26-33,57-58H2,1H3,(H,59,72)(H,60,67)(H,61,69)(H,62,70)(H,63,73)(H,64,71)(H,65,68)(H,74,75)/t34-,41-,42+,43-,44+,45+,46+,47-,48+/m1/s1. The zero-order valence-electron chi connectivity index (χ0n) is 42.6. The Hall–Kier alpha value is -7.30. The number of hydrogen-bond donors (Lipinski definition) is 11. The van der Waals surface area contributed by atoms with Crippen LogP contribution >= 0.6 is 21.6 Å². The smallest absolute Gasteiger partial charge is 0.327 e. The van der Waals surface area contributed by atoms with Crippen molar-refractivity contribution in [2.45, 2.75) is 106 Å². The highest BCUT2D eigenvalue weighted by molar-refractivity contribution is 8.76. The van der Waals surface area contributed by atoms with Gasteiger partial charge in [0.1, 0.15) is 42.3 Å². The monoisotopic (exact) mass is 1090 g/mol. The van der Waals surface area contributed by atoms with Gasteiger partial charge in [0, 0.05) is 37.2 Å². The number of aliphatic hydroxyl groups excluding tert-OH is 1. The van der Waals surface area contributed by atoms with E-state index in [2.05, 4.69) is 37.2 Å². The molecule has 19 nitrogen and oxygen atoms in total. The summed E-state index contributed by atoms with van der Waals surface area (Å²) in [6.45, 7) is 1.51. The number of carboxylic acid groups (broad SMARTS) is 1. The molecule has 7 amide bonds. The molecule has 9 atom stereocenters. The van der Waals surface area contributed by atoms with E-state index in [1.165, 1.54) is 6.92 Å². The zero-order valence-corrected chi connectivity index (χ0v) is 44.2. The minimum absolute atomic E-state index is 0.00590. The Bertz CT molecular complexity index is 2790. The molecule has 1 aliphatic rings. The lowest BCUT2D eigenvalue weighted by atomic mass is 9.97. The highest BCUT2D eigenvalue weighted by Crippen LogP contribution is 2.24. The third-order valence-electron chi connectivity index (χ3n) is 12.8. The molecule has 1 heterocycles. The maximum Gasteiger partial charge on any atom is 0.327 e. The van der Waals surface area contributed by atoms with Gasteiger partial charge < -0.3 is 58.9 Å². The van der Waals surface area contributed by atoms with E-state index in [-0.39, 0.29) is 50.2 Å². The fourth-order valence-corrected chi connectivity index (χ4v) is 10.9. The molecule has 77 heavy (non-hydrogen) atoms. The minimum Gasteiger partial charge on any atom is -0.480 e. The Kier molecular flexibility index (Phi) is 22.9. The summed E-state index contributed by atoms with van der Waals surface area (Å²) in [5, 5.41) is 41.8. The molecule has 21 heteroatoms. The predicted octanol–water partition coefficient (Wildman–Crippen LogP) is 1.82. The van der Waals surface area contributed by atoms with Crippen molar-refractivity contribution >= 4 is 79.7 Å². The number of carboxylic acids is 1. The molecule has 0 unspecified atom stereocenters. The topological polar surface area (TPSA) is 313 Å². The Balaban J connectivity index is 1.40. The molecule has 0 spiro atoms. The van der Waals surface area contributed by atoms with Crippen molar-refractivity contribution in [2.24, 2.45) is 11.5 Å². The van der Waals surface area contributed by atoms with E-state index >= 15 is 0 Å². The van der Waals surface area contributed by atoms with Crippen LogP contribution in [0.1, 0.15) is 48.4 Å². The Morgan fingerprint density at radius 2 is 0.948 bits per heavy atom. The Morgan fingerprint density at radius 1 is 0.519 bits per heavy atom. The molecule has 0 radical (unpaired) electrons. The first-order valence-electron chi connectivity index (χ1n) is 25.4.